The van der Waals surface area contributed by atoms with Crippen molar-refractivity contribution in [1.29, 1.82) is 0 Å². The van der Waals surface area contributed by atoms with Crippen LogP contribution in [0.25, 0.3) is 0 Å². The van der Waals surface area contributed by atoms with E-state index in [4.69, 9.17) is 0 Å². The quantitative estimate of drug-likeness (QED) is 0.835. The van der Waals surface area contributed by atoms with E-state index in [-0.39, 0.29) is 17.5 Å². The summed E-state index contributed by atoms with van der Waals surface area (Å²) >= 11 is 0. The van der Waals surface area contributed by atoms with Gasteiger partial charge in [-0.25, -0.2) is 4.39 Å². The smallest absolute Gasteiger partial charge is 0.254 e. The van der Waals surface area contributed by atoms with Gasteiger partial charge in [0.1, 0.15) is 5.82 Å². The van der Waals surface area contributed by atoms with Crippen molar-refractivity contribution in [2.75, 3.05) is 0 Å². The predicted molar refractivity (Wildman–Crippen MR) is 67.6 cm³/mol. The SMILES string of the molecule is CCCC(CC)NC(=O)c1cccc(C)c1F. The van der Waals surface area contributed by atoms with Crippen LogP contribution in [0.4, 0.5) is 4.39 Å². The zero-order valence-electron chi connectivity index (χ0n) is 10.7. The summed E-state index contributed by atoms with van der Waals surface area (Å²) in [5, 5.41) is 2.87. The van der Waals surface area contributed by atoms with Crippen molar-refractivity contribution in [3.63, 3.8) is 0 Å². The van der Waals surface area contributed by atoms with Crippen molar-refractivity contribution < 1.29 is 9.18 Å². The molecular formula is C14H20FNO. The van der Waals surface area contributed by atoms with Crippen LogP contribution < -0.4 is 5.32 Å². The van der Waals surface area contributed by atoms with Gasteiger partial charge in [-0.1, -0.05) is 32.4 Å². The Hall–Kier alpha value is -1.38. The highest BCUT2D eigenvalue weighted by Crippen LogP contribution is 2.12. The second-order valence-electron chi connectivity index (χ2n) is 4.30. The molecule has 0 saturated heterocycles. The third-order valence-electron chi connectivity index (χ3n) is 2.90. The second-order valence-corrected chi connectivity index (χ2v) is 4.30. The van der Waals surface area contributed by atoms with Gasteiger partial charge in [-0.15, -0.1) is 0 Å². The molecule has 0 aliphatic heterocycles. The highest BCUT2D eigenvalue weighted by Gasteiger charge is 2.15. The number of amides is 1. The van der Waals surface area contributed by atoms with Gasteiger partial charge in [-0.05, 0) is 31.4 Å². The normalized spacial score (nSPS) is 12.2. The minimum Gasteiger partial charge on any atom is -0.349 e. The molecule has 0 heterocycles. The third-order valence-corrected chi connectivity index (χ3v) is 2.90. The van der Waals surface area contributed by atoms with Gasteiger partial charge in [0.05, 0.1) is 5.56 Å². The molecule has 0 bridgehead atoms. The molecular weight excluding hydrogens is 217 g/mol. The van der Waals surface area contributed by atoms with Crippen molar-refractivity contribution in [2.45, 2.75) is 46.1 Å². The largest absolute Gasteiger partial charge is 0.349 e. The van der Waals surface area contributed by atoms with E-state index < -0.39 is 5.82 Å². The minimum absolute atomic E-state index is 0.132. The first kappa shape index (κ1) is 13.7. The van der Waals surface area contributed by atoms with Crippen LogP contribution in [0.15, 0.2) is 18.2 Å². The van der Waals surface area contributed by atoms with Crippen LogP contribution in [0.3, 0.4) is 0 Å². The molecule has 2 nitrogen and oxygen atoms in total. The molecule has 0 aliphatic carbocycles. The molecule has 1 aromatic carbocycles. The van der Waals surface area contributed by atoms with Crippen molar-refractivity contribution in [1.82, 2.24) is 5.32 Å². The van der Waals surface area contributed by atoms with E-state index in [1.807, 2.05) is 6.92 Å². The summed E-state index contributed by atoms with van der Waals surface area (Å²) in [6.07, 6.45) is 2.80. The molecule has 94 valence electrons. The Balaban J connectivity index is 2.79. The van der Waals surface area contributed by atoms with Crippen molar-refractivity contribution in [3.8, 4) is 0 Å². The maximum atomic E-state index is 13.7. The molecule has 17 heavy (non-hydrogen) atoms. The van der Waals surface area contributed by atoms with E-state index in [0.29, 0.717) is 5.56 Å². The number of rotatable bonds is 5. The van der Waals surface area contributed by atoms with Crippen molar-refractivity contribution in [2.24, 2.45) is 0 Å². The Morgan fingerprint density at radius 2 is 2.12 bits per heavy atom. The van der Waals surface area contributed by atoms with Gasteiger partial charge >= 0.3 is 0 Å². The Morgan fingerprint density at radius 3 is 2.71 bits per heavy atom. The van der Waals surface area contributed by atoms with Gasteiger partial charge in [-0.3, -0.25) is 4.79 Å². The number of carbonyl (C=O) groups is 1. The van der Waals surface area contributed by atoms with Crippen molar-refractivity contribution >= 4 is 5.91 Å². The van der Waals surface area contributed by atoms with Crippen LogP contribution >= 0.6 is 0 Å². The lowest BCUT2D eigenvalue weighted by molar-refractivity contribution is 0.0929. The molecule has 1 N–H and O–H groups in total. The lowest BCUT2D eigenvalue weighted by Crippen LogP contribution is -2.34. The number of carbonyl (C=O) groups excluding carboxylic acids is 1. The Kier molecular flexibility index (Phi) is 5.13. The average molecular weight is 237 g/mol. The van der Waals surface area contributed by atoms with Gasteiger partial charge in [-0.2, -0.15) is 0 Å². The summed E-state index contributed by atoms with van der Waals surface area (Å²) in [5.41, 5.74) is 0.640. The maximum absolute atomic E-state index is 13.7. The summed E-state index contributed by atoms with van der Waals surface area (Å²) in [6, 6.07) is 5.02. The molecule has 1 rings (SSSR count). The predicted octanol–water partition coefficient (Wildman–Crippen LogP) is 3.44. The Morgan fingerprint density at radius 1 is 1.41 bits per heavy atom. The topological polar surface area (TPSA) is 29.1 Å². The first-order valence-corrected chi connectivity index (χ1v) is 6.16. The minimum atomic E-state index is -0.420. The molecule has 0 fully saturated rings. The number of hydrogen-bond donors (Lipinski definition) is 1. The molecule has 0 aliphatic rings. The molecule has 0 spiro atoms. The molecule has 1 aromatic rings. The van der Waals surface area contributed by atoms with Crippen LogP contribution in [-0.2, 0) is 0 Å². The van der Waals surface area contributed by atoms with Gasteiger partial charge in [0.25, 0.3) is 5.91 Å². The molecule has 0 aromatic heterocycles. The average Bonchev–Trinajstić information content (AvgIpc) is 2.31. The summed E-state index contributed by atoms with van der Waals surface area (Å²) < 4.78 is 13.7. The Labute approximate surface area is 102 Å². The fourth-order valence-corrected chi connectivity index (χ4v) is 1.81. The lowest BCUT2D eigenvalue weighted by Gasteiger charge is -2.16. The van der Waals surface area contributed by atoms with E-state index in [1.165, 1.54) is 6.07 Å². The van der Waals surface area contributed by atoms with Crippen molar-refractivity contribution in [3.05, 3.63) is 35.1 Å². The summed E-state index contributed by atoms with van der Waals surface area (Å²) in [5.74, 6) is -0.733. The molecule has 1 amide bonds. The highest BCUT2D eigenvalue weighted by molar-refractivity contribution is 5.94. The first-order valence-electron chi connectivity index (χ1n) is 6.16. The van der Waals surface area contributed by atoms with Crippen LogP contribution in [0.5, 0.6) is 0 Å². The van der Waals surface area contributed by atoms with E-state index in [2.05, 4.69) is 12.2 Å². The van der Waals surface area contributed by atoms with Crippen LogP contribution in [-0.4, -0.2) is 11.9 Å². The fourth-order valence-electron chi connectivity index (χ4n) is 1.81. The summed E-state index contributed by atoms with van der Waals surface area (Å²) in [6.45, 7) is 5.75. The maximum Gasteiger partial charge on any atom is 0.254 e. The van der Waals surface area contributed by atoms with Crippen LogP contribution in [0, 0.1) is 12.7 Å². The van der Waals surface area contributed by atoms with Crippen LogP contribution in [0.2, 0.25) is 0 Å². The number of halogens is 1. The fraction of sp³-hybridized carbons (Fsp3) is 0.500. The monoisotopic (exact) mass is 237 g/mol. The van der Waals surface area contributed by atoms with Gasteiger partial charge in [0, 0.05) is 6.04 Å². The Bertz CT molecular complexity index is 390. The van der Waals surface area contributed by atoms with E-state index in [9.17, 15) is 9.18 Å². The molecule has 1 atom stereocenters. The standard InChI is InChI=1S/C14H20FNO/c1-4-7-11(5-2)16-14(17)12-9-6-8-10(3)13(12)15/h6,8-9,11H,4-5,7H2,1-3H3,(H,16,17). The highest BCUT2D eigenvalue weighted by atomic mass is 19.1. The van der Waals surface area contributed by atoms with Gasteiger partial charge < -0.3 is 5.32 Å². The summed E-state index contributed by atoms with van der Waals surface area (Å²) in [7, 11) is 0. The summed E-state index contributed by atoms with van der Waals surface area (Å²) in [4.78, 5) is 11.9. The zero-order chi connectivity index (χ0) is 12.8. The number of nitrogens with one attached hydrogen (secondary N) is 1. The molecule has 0 saturated carbocycles. The number of benzene rings is 1. The second kappa shape index (κ2) is 6.38. The first-order chi connectivity index (χ1) is 8.10. The van der Waals surface area contributed by atoms with E-state index >= 15 is 0 Å². The van der Waals surface area contributed by atoms with Crippen LogP contribution in [0.1, 0.15) is 49.0 Å². The number of aryl methyl sites for hydroxylation is 1. The van der Waals surface area contributed by atoms with E-state index in [0.717, 1.165) is 19.3 Å². The number of hydrogen-bond acceptors (Lipinski definition) is 1. The molecule has 0 radical (unpaired) electrons. The zero-order valence-corrected chi connectivity index (χ0v) is 10.7. The third kappa shape index (κ3) is 3.55. The van der Waals surface area contributed by atoms with Gasteiger partial charge in [0.15, 0.2) is 0 Å². The lowest BCUT2D eigenvalue weighted by atomic mass is 10.1. The van der Waals surface area contributed by atoms with E-state index in [1.54, 1.807) is 19.1 Å². The molecule has 3 heteroatoms. The van der Waals surface area contributed by atoms with Gasteiger partial charge in [0.2, 0.25) is 0 Å². The molecule has 1 unspecified atom stereocenters.